The number of piperidine rings is 1. The zero-order valence-corrected chi connectivity index (χ0v) is 11.4. The number of hydrogen-bond donors (Lipinski definition) is 1. The van der Waals surface area contributed by atoms with Gasteiger partial charge in [0, 0.05) is 18.6 Å². The molecule has 2 unspecified atom stereocenters. The maximum atomic E-state index is 5.72. The third-order valence-electron chi connectivity index (χ3n) is 4.40. The van der Waals surface area contributed by atoms with E-state index in [-0.39, 0.29) is 0 Å². The molecule has 0 aromatic carbocycles. The van der Waals surface area contributed by atoms with Gasteiger partial charge in [-0.05, 0) is 50.8 Å². The second kappa shape index (κ2) is 5.02. The minimum Gasteiger partial charge on any atom is -0.368 e. The van der Waals surface area contributed by atoms with Crippen molar-refractivity contribution in [2.45, 2.75) is 37.8 Å². The normalized spacial score (nSPS) is 31.6. The smallest absolute Gasteiger partial charge is 0.151 e. The molecule has 2 atom stereocenters. The van der Waals surface area contributed by atoms with Crippen LogP contribution in [0.15, 0.2) is 12.1 Å². The van der Waals surface area contributed by atoms with E-state index in [4.69, 9.17) is 11.6 Å². The largest absolute Gasteiger partial charge is 0.368 e. The van der Waals surface area contributed by atoms with E-state index < -0.39 is 0 Å². The van der Waals surface area contributed by atoms with Gasteiger partial charge in [0.1, 0.15) is 5.82 Å². The Kier molecular flexibility index (Phi) is 3.39. The third kappa shape index (κ3) is 2.45. The number of fused-ring (bicyclic) bond motifs is 2. The fraction of sp³-hybridized carbons (Fsp3) is 0.692. The Morgan fingerprint density at radius 2 is 2.00 bits per heavy atom. The summed E-state index contributed by atoms with van der Waals surface area (Å²) >= 11 is 5.72. The Hall–Kier alpha value is -0.870. The average molecular weight is 267 g/mol. The van der Waals surface area contributed by atoms with E-state index in [1.807, 2.05) is 6.07 Å². The quantitative estimate of drug-likeness (QED) is 0.912. The molecule has 2 fully saturated rings. The molecule has 3 rings (SSSR count). The van der Waals surface area contributed by atoms with Crippen molar-refractivity contribution in [1.82, 2.24) is 15.1 Å². The molecule has 0 aliphatic carbocycles. The first kappa shape index (κ1) is 12.2. The second-order valence-electron chi connectivity index (χ2n) is 5.51. The van der Waals surface area contributed by atoms with Crippen molar-refractivity contribution < 1.29 is 0 Å². The molecule has 2 aliphatic rings. The van der Waals surface area contributed by atoms with E-state index in [0.717, 1.165) is 30.4 Å². The molecule has 1 N–H and O–H groups in total. The van der Waals surface area contributed by atoms with Crippen molar-refractivity contribution in [3.8, 4) is 0 Å². The third-order valence-corrected chi connectivity index (χ3v) is 4.60. The number of aromatic nitrogens is 2. The van der Waals surface area contributed by atoms with Crippen LogP contribution < -0.4 is 5.32 Å². The fourth-order valence-corrected chi connectivity index (χ4v) is 3.45. The Labute approximate surface area is 113 Å². The van der Waals surface area contributed by atoms with Crippen LogP contribution >= 0.6 is 11.6 Å². The van der Waals surface area contributed by atoms with Gasteiger partial charge in [0.2, 0.25) is 0 Å². The summed E-state index contributed by atoms with van der Waals surface area (Å²) in [6.07, 6.45) is 5.36. The number of nitrogens with zero attached hydrogens (tertiary/aromatic N) is 3. The van der Waals surface area contributed by atoms with E-state index in [1.54, 1.807) is 6.07 Å². The first-order chi connectivity index (χ1) is 8.72. The Morgan fingerprint density at radius 1 is 1.28 bits per heavy atom. The lowest BCUT2D eigenvalue weighted by Crippen LogP contribution is -2.41. The standard InChI is InChI=1S/C13H19ClN4/c1-18-10-2-3-11(18)7-9(6-10)8-15-13-5-4-12(14)16-17-13/h4-5,9-11H,2-3,6-8H2,1H3,(H,15,17). The highest BCUT2D eigenvalue weighted by atomic mass is 35.5. The molecule has 1 aromatic rings. The lowest BCUT2D eigenvalue weighted by Gasteiger charge is -2.36. The maximum Gasteiger partial charge on any atom is 0.151 e. The van der Waals surface area contributed by atoms with Crippen molar-refractivity contribution in [2.75, 3.05) is 18.9 Å². The zero-order valence-electron chi connectivity index (χ0n) is 10.6. The van der Waals surface area contributed by atoms with Crippen LogP contribution in [0.3, 0.4) is 0 Å². The van der Waals surface area contributed by atoms with Crippen molar-refractivity contribution in [3.05, 3.63) is 17.3 Å². The highest BCUT2D eigenvalue weighted by Gasteiger charge is 2.38. The number of rotatable bonds is 3. The molecule has 98 valence electrons. The maximum absolute atomic E-state index is 5.72. The summed E-state index contributed by atoms with van der Waals surface area (Å²) in [6, 6.07) is 5.26. The van der Waals surface area contributed by atoms with E-state index in [9.17, 15) is 0 Å². The minimum absolute atomic E-state index is 0.442. The Balaban J connectivity index is 1.54. The zero-order chi connectivity index (χ0) is 12.5. The van der Waals surface area contributed by atoms with Crippen molar-refractivity contribution in [2.24, 2.45) is 5.92 Å². The fourth-order valence-electron chi connectivity index (χ4n) is 3.35. The van der Waals surface area contributed by atoms with Gasteiger partial charge in [0.05, 0.1) is 0 Å². The summed E-state index contributed by atoms with van der Waals surface area (Å²) in [5.41, 5.74) is 0. The summed E-state index contributed by atoms with van der Waals surface area (Å²) in [4.78, 5) is 2.57. The van der Waals surface area contributed by atoms with Gasteiger partial charge in [-0.2, -0.15) is 0 Å². The summed E-state index contributed by atoms with van der Waals surface area (Å²) in [5, 5.41) is 11.7. The molecule has 0 radical (unpaired) electrons. The average Bonchev–Trinajstić information content (AvgIpc) is 2.62. The van der Waals surface area contributed by atoms with Gasteiger partial charge in [-0.1, -0.05) is 11.6 Å². The molecule has 0 saturated carbocycles. The summed E-state index contributed by atoms with van der Waals surface area (Å²) < 4.78 is 0. The highest BCUT2D eigenvalue weighted by molar-refractivity contribution is 6.29. The highest BCUT2D eigenvalue weighted by Crippen LogP contribution is 2.37. The lowest BCUT2D eigenvalue weighted by atomic mass is 9.91. The van der Waals surface area contributed by atoms with Crippen LogP contribution in [0.4, 0.5) is 5.82 Å². The summed E-state index contributed by atoms with van der Waals surface area (Å²) in [6.45, 7) is 0.997. The molecule has 2 saturated heterocycles. The van der Waals surface area contributed by atoms with E-state index in [2.05, 4.69) is 27.5 Å². The topological polar surface area (TPSA) is 41.0 Å². The van der Waals surface area contributed by atoms with Crippen LogP contribution in [-0.2, 0) is 0 Å². The number of anilines is 1. The molecule has 1 aromatic heterocycles. The van der Waals surface area contributed by atoms with Crippen molar-refractivity contribution >= 4 is 17.4 Å². The van der Waals surface area contributed by atoms with Crippen molar-refractivity contribution in [1.29, 1.82) is 0 Å². The van der Waals surface area contributed by atoms with Gasteiger partial charge < -0.3 is 10.2 Å². The van der Waals surface area contributed by atoms with Gasteiger partial charge in [0.15, 0.2) is 5.15 Å². The molecule has 2 bridgehead atoms. The van der Waals surface area contributed by atoms with Gasteiger partial charge in [-0.3, -0.25) is 0 Å². The minimum atomic E-state index is 0.442. The summed E-state index contributed by atoms with van der Waals surface area (Å²) in [7, 11) is 2.27. The van der Waals surface area contributed by atoms with E-state index in [1.165, 1.54) is 25.7 Å². The van der Waals surface area contributed by atoms with Crippen LogP contribution in [0.2, 0.25) is 5.15 Å². The monoisotopic (exact) mass is 266 g/mol. The molecule has 0 spiro atoms. The molecule has 0 amide bonds. The molecule has 2 aliphatic heterocycles. The number of halogens is 1. The summed E-state index contributed by atoms with van der Waals surface area (Å²) in [5.74, 6) is 1.59. The van der Waals surface area contributed by atoms with Crippen LogP contribution in [0.5, 0.6) is 0 Å². The lowest BCUT2D eigenvalue weighted by molar-refractivity contribution is 0.139. The first-order valence-electron chi connectivity index (χ1n) is 6.67. The van der Waals surface area contributed by atoms with Crippen LogP contribution in [-0.4, -0.2) is 40.8 Å². The van der Waals surface area contributed by atoms with Crippen LogP contribution in [0.25, 0.3) is 0 Å². The van der Waals surface area contributed by atoms with Gasteiger partial charge in [-0.25, -0.2) is 0 Å². The first-order valence-corrected chi connectivity index (χ1v) is 7.05. The number of hydrogen-bond acceptors (Lipinski definition) is 4. The van der Waals surface area contributed by atoms with Gasteiger partial charge in [-0.15, -0.1) is 10.2 Å². The number of nitrogens with one attached hydrogen (secondary N) is 1. The van der Waals surface area contributed by atoms with Gasteiger partial charge in [0.25, 0.3) is 0 Å². The predicted octanol–water partition coefficient (Wildman–Crippen LogP) is 2.41. The van der Waals surface area contributed by atoms with Gasteiger partial charge >= 0.3 is 0 Å². The second-order valence-corrected chi connectivity index (χ2v) is 5.90. The van der Waals surface area contributed by atoms with Crippen LogP contribution in [0.1, 0.15) is 25.7 Å². The molecule has 18 heavy (non-hydrogen) atoms. The Bertz CT molecular complexity index is 394. The molecular formula is C13H19ClN4. The predicted molar refractivity (Wildman–Crippen MR) is 72.8 cm³/mol. The van der Waals surface area contributed by atoms with E-state index >= 15 is 0 Å². The van der Waals surface area contributed by atoms with E-state index in [0.29, 0.717) is 5.15 Å². The van der Waals surface area contributed by atoms with Crippen LogP contribution in [0, 0.1) is 5.92 Å². The Morgan fingerprint density at radius 3 is 2.61 bits per heavy atom. The molecular weight excluding hydrogens is 248 g/mol. The molecule has 3 heterocycles. The SMILES string of the molecule is CN1C2CCC1CC(CNc1ccc(Cl)nn1)C2. The van der Waals surface area contributed by atoms with Crippen molar-refractivity contribution in [3.63, 3.8) is 0 Å². The molecule has 4 nitrogen and oxygen atoms in total. The molecule has 5 heteroatoms.